The van der Waals surface area contributed by atoms with E-state index in [2.05, 4.69) is 44.4 Å². The lowest BCUT2D eigenvalue weighted by atomic mass is 9.96. The van der Waals surface area contributed by atoms with Gasteiger partial charge in [0.2, 0.25) is 0 Å². The van der Waals surface area contributed by atoms with E-state index in [1.807, 2.05) is 0 Å². The summed E-state index contributed by atoms with van der Waals surface area (Å²) in [4.78, 5) is 20.7. The highest BCUT2D eigenvalue weighted by Crippen LogP contribution is 2.28. The first-order valence-corrected chi connectivity index (χ1v) is 6.94. The molecular weight excluding hydrogens is 331 g/mol. The zero-order chi connectivity index (χ0) is 12.4. The van der Waals surface area contributed by atoms with E-state index in [1.165, 1.54) is 12.7 Å². The van der Waals surface area contributed by atoms with Crippen LogP contribution in [0.2, 0.25) is 0 Å². The molecule has 6 heteroatoms. The minimum atomic E-state index is -0.0795. The largest absolute Gasteiger partial charge is 0.349 e. The normalized spacial score (nSPS) is 25.0. The summed E-state index contributed by atoms with van der Waals surface area (Å²) >= 11 is 2.05. The van der Waals surface area contributed by atoms with Gasteiger partial charge in [-0.3, -0.25) is 4.79 Å². The van der Waals surface area contributed by atoms with Crippen molar-refractivity contribution in [1.82, 2.24) is 9.97 Å². The first-order chi connectivity index (χ1) is 8.15. The van der Waals surface area contributed by atoms with Crippen molar-refractivity contribution in [3.8, 4) is 0 Å². The quantitative estimate of drug-likeness (QED) is 0.785. The monoisotopic (exact) mass is 348 g/mol. The fraction of sp³-hybridized carbons (Fsp3) is 0.636. The van der Waals surface area contributed by atoms with Gasteiger partial charge in [-0.05, 0) is 48.8 Å². The van der Waals surface area contributed by atoms with Gasteiger partial charge in [-0.1, -0.05) is 0 Å². The second-order valence-electron chi connectivity index (χ2n) is 4.45. The molecular formula is C11H17IN4O. The average Bonchev–Trinajstić information content (AvgIpc) is 2.33. The fourth-order valence-electron chi connectivity index (χ4n) is 2.45. The van der Waals surface area contributed by atoms with E-state index < -0.39 is 0 Å². The van der Waals surface area contributed by atoms with Crippen LogP contribution in [0, 0.1) is 3.57 Å². The Labute approximate surface area is 114 Å². The molecule has 94 valence electrons. The second-order valence-corrected chi connectivity index (χ2v) is 5.52. The summed E-state index contributed by atoms with van der Waals surface area (Å²) in [5, 5.41) is 0. The Balaban J connectivity index is 2.41. The number of piperidine rings is 1. The first kappa shape index (κ1) is 12.8. The number of nitrogens with one attached hydrogen (secondary N) is 1. The van der Waals surface area contributed by atoms with Crippen LogP contribution in [-0.4, -0.2) is 28.6 Å². The standard InChI is InChI=1S/C11H17IN4O/c1-7-3-2-4-8(5-13)16(7)10-9(12)11(17)15-6-14-10/h6-8H,2-5,13H2,1H3,(H,14,15,17). The molecule has 1 aromatic heterocycles. The molecule has 2 heterocycles. The summed E-state index contributed by atoms with van der Waals surface area (Å²) in [6.07, 6.45) is 4.86. The SMILES string of the molecule is CC1CCCC(CN)N1c1nc[nH]c(=O)c1I. The maximum absolute atomic E-state index is 11.6. The Hall–Kier alpha value is -0.630. The van der Waals surface area contributed by atoms with Crippen LogP contribution in [-0.2, 0) is 0 Å². The van der Waals surface area contributed by atoms with Crippen LogP contribution in [0.1, 0.15) is 26.2 Å². The minimum Gasteiger partial charge on any atom is -0.349 e. The van der Waals surface area contributed by atoms with Crippen molar-refractivity contribution in [3.05, 3.63) is 20.3 Å². The van der Waals surface area contributed by atoms with Gasteiger partial charge in [0.15, 0.2) is 0 Å². The van der Waals surface area contributed by atoms with Gasteiger partial charge < -0.3 is 15.6 Å². The molecule has 1 aliphatic heterocycles. The van der Waals surface area contributed by atoms with Crippen LogP contribution in [0.4, 0.5) is 5.82 Å². The summed E-state index contributed by atoms with van der Waals surface area (Å²) in [5.74, 6) is 0.775. The van der Waals surface area contributed by atoms with E-state index in [9.17, 15) is 4.79 Å². The van der Waals surface area contributed by atoms with Gasteiger partial charge in [-0.2, -0.15) is 0 Å². The van der Waals surface area contributed by atoms with Gasteiger partial charge in [-0.25, -0.2) is 4.98 Å². The van der Waals surface area contributed by atoms with Crippen LogP contribution in [0.15, 0.2) is 11.1 Å². The van der Waals surface area contributed by atoms with Gasteiger partial charge in [-0.15, -0.1) is 0 Å². The lowest BCUT2D eigenvalue weighted by Crippen LogP contribution is -2.50. The number of anilines is 1. The molecule has 0 aliphatic carbocycles. The Morgan fingerprint density at radius 3 is 3.12 bits per heavy atom. The predicted molar refractivity (Wildman–Crippen MR) is 76.2 cm³/mol. The van der Waals surface area contributed by atoms with Gasteiger partial charge in [0.05, 0.1) is 6.33 Å². The van der Waals surface area contributed by atoms with Crippen molar-refractivity contribution >= 4 is 28.4 Å². The Kier molecular flexibility index (Phi) is 4.03. The molecule has 0 aromatic carbocycles. The van der Waals surface area contributed by atoms with E-state index in [-0.39, 0.29) is 5.56 Å². The summed E-state index contributed by atoms with van der Waals surface area (Å²) in [6, 6.07) is 0.682. The molecule has 2 unspecified atom stereocenters. The second kappa shape index (κ2) is 5.34. The van der Waals surface area contributed by atoms with E-state index in [0.717, 1.165) is 18.7 Å². The van der Waals surface area contributed by atoms with Crippen molar-refractivity contribution in [2.45, 2.75) is 38.3 Å². The van der Waals surface area contributed by atoms with Gasteiger partial charge in [0.1, 0.15) is 9.39 Å². The number of aromatic amines is 1. The van der Waals surface area contributed by atoms with Crippen LogP contribution < -0.4 is 16.2 Å². The first-order valence-electron chi connectivity index (χ1n) is 5.86. The van der Waals surface area contributed by atoms with Crippen molar-refractivity contribution in [3.63, 3.8) is 0 Å². The van der Waals surface area contributed by atoms with Crippen LogP contribution in [0.5, 0.6) is 0 Å². The smallest absolute Gasteiger partial charge is 0.266 e. The lowest BCUT2D eigenvalue weighted by Gasteiger charge is -2.41. The number of hydrogen-bond donors (Lipinski definition) is 2. The molecule has 2 rings (SSSR count). The molecule has 1 aliphatic rings. The highest BCUT2D eigenvalue weighted by atomic mass is 127. The Morgan fingerprint density at radius 1 is 1.65 bits per heavy atom. The van der Waals surface area contributed by atoms with Crippen LogP contribution in [0.25, 0.3) is 0 Å². The summed E-state index contributed by atoms with van der Waals surface area (Å²) < 4.78 is 0.650. The molecule has 1 fully saturated rings. The predicted octanol–water partition coefficient (Wildman–Crippen LogP) is 1.08. The van der Waals surface area contributed by atoms with E-state index in [0.29, 0.717) is 22.2 Å². The zero-order valence-corrected chi connectivity index (χ0v) is 12.0. The molecule has 0 radical (unpaired) electrons. The molecule has 1 saturated heterocycles. The maximum atomic E-state index is 11.6. The number of nitrogens with two attached hydrogens (primary N) is 1. The molecule has 0 spiro atoms. The Morgan fingerprint density at radius 2 is 2.41 bits per heavy atom. The molecule has 1 aromatic rings. The zero-order valence-electron chi connectivity index (χ0n) is 9.82. The molecule has 0 saturated carbocycles. The molecule has 2 atom stereocenters. The summed E-state index contributed by atoms with van der Waals surface area (Å²) in [5.41, 5.74) is 5.74. The molecule has 5 nitrogen and oxygen atoms in total. The van der Waals surface area contributed by atoms with Crippen molar-refractivity contribution < 1.29 is 0 Å². The lowest BCUT2D eigenvalue weighted by molar-refractivity contribution is 0.397. The van der Waals surface area contributed by atoms with Gasteiger partial charge in [0.25, 0.3) is 5.56 Å². The molecule has 17 heavy (non-hydrogen) atoms. The average molecular weight is 348 g/mol. The Bertz CT molecular complexity index is 447. The minimum absolute atomic E-state index is 0.0795. The van der Waals surface area contributed by atoms with Crippen molar-refractivity contribution in [2.75, 3.05) is 11.4 Å². The van der Waals surface area contributed by atoms with Crippen LogP contribution >= 0.6 is 22.6 Å². The number of aromatic nitrogens is 2. The highest BCUT2D eigenvalue weighted by Gasteiger charge is 2.29. The number of halogens is 1. The molecule has 0 bridgehead atoms. The number of hydrogen-bond acceptors (Lipinski definition) is 4. The summed E-state index contributed by atoms with van der Waals surface area (Å²) in [7, 11) is 0. The third-order valence-electron chi connectivity index (χ3n) is 3.32. The summed E-state index contributed by atoms with van der Waals surface area (Å²) in [6.45, 7) is 2.77. The fourth-order valence-corrected chi connectivity index (χ4v) is 3.03. The number of rotatable bonds is 2. The number of H-pyrrole nitrogens is 1. The number of nitrogens with zero attached hydrogens (tertiary/aromatic N) is 2. The van der Waals surface area contributed by atoms with E-state index in [4.69, 9.17) is 5.73 Å². The highest BCUT2D eigenvalue weighted by molar-refractivity contribution is 14.1. The van der Waals surface area contributed by atoms with Gasteiger partial charge in [0, 0.05) is 18.6 Å². The molecule has 3 N–H and O–H groups in total. The van der Waals surface area contributed by atoms with Crippen LogP contribution in [0.3, 0.4) is 0 Å². The third-order valence-corrected chi connectivity index (χ3v) is 4.29. The van der Waals surface area contributed by atoms with E-state index in [1.54, 1.807) is 0 Å². The van der Waals surface area contributed by atoms with Crippen molar-refractivity contribution in [2.24, 2.45) is 5.73 Å². The third kappa shape index (κ3) is 2.47. The maximum Gasteiger partial charge on any atom is 0.266 e. The molecule has 0 amide bonds. The van der Waals surface area contributed by atoms with E-state index >= 15 is 0 Å². The van der Waals surface area contributed by atoms with Gasteiger partial charge >= 0.3 is 0 Å². The van der Waals surface area contributed by atoms with Crippen molar-refractivity contribution in [1.29, 1.82) is 0 Å². The topological polar surface area (TPSA) is 75.0 Å².